The van der Waals surface area contributed by atoms with Crippen molar-refractivity contribution in [3.05, 3.63) is 76.2 Å². The number of nitrogens with zero attached hydrogens (tertiary/aromatic N) is 1. The lowest BCUT2D eigenvalue weighted by atomic mass is 10.1. The Kier molecular flexibility index (Phi) is 7.37. The normalized spacial score (nSPS) is 11.5. The molecule has 1 atom stereocenters. The van der Waals surface area contributed by atoms with E-state index in [1.807, 2.05) is 17.5 Å². The SMILES string of the molecule is CC(=O)c1ccc(NC(=O)C(C)OC(=O)c2ccc(SCc3cscn3)cc2)cc1. The van der Waals surface area contributed by atoms with Crippen molar-refractivity contribution in [3.63, 3.8) is 0 Å². The third kappa shape index (κ3) is 6.01. The lowest BCUT2D eigenvalue weighted by Gasteiger charge is -2.14. The average molecular weight is 441 g/mol. The number of esters is 1. The van der Waals surface area contributed by atoms with Crippen molar-refractivity contribution >= 4 is 46.4 Å². The number of ketones is 1. The van der Waals surface area contributed by atoms with E-state index in [9.17, 15) is 14.4 Å². The average Bonchev–Trinajstić information content (AvgIpc) is 3.26. The quantitative estimate of drug-likeness (QED) is 0.307. The first-order chi connectivity index (χ1) is 14.4. The molecular weight excluding hydrogens is 420 g/mol. The fraction of sp³-hybridized carbons (Fsp3) is 0.182. The van der Waals surface area contributed by atoms with E-state index in [-0.39, 0.29) is 5.78 Å². The van der Waals surface area contributed by atoms with Crippen LogP contribution in [0.3, 0.4) is 0 Å². The number of hydrogen-bond donors (Lipinski definition) is 1. The Bertz CT molecular complexity index is 1020. The summed E-state index contributed by atoms with van der Waals surface area (Å²) in [7, 11) is 0. The molecule has 1 unspecified atom stereocenters. The number of carbonyl (C=O) groups excluding carboxylic acids is 3. The molecule has 0 radical (unpaired) electrons. The second-order valence-electron chi connectivity index (χ2n) is 6.46. The lowest BCUT2D eigenvalue weighted by molar-refractivity contribution is -0.123. The maximum atomic E-state index is 12.3. The van der Waals surface area contributed by atoms with Crippen molar-refractivity contribution in [3.8, 4) is 0 Å². The Balaban J connectivity index is 1.51. The fourth-order valence-electron chi connectivity index (χ4n) is 2.47. The molecule has 2 aromatic carbocycles. The van der Waals surface area contributed by atoms with Gasteiger partial charge in [0.05, 0.1) is 16.8 Å². The second-order valence-corrected chi connectivity index (χ2v) is 8.23. The van der Waals surface area contributed by atoms with Gasteiger partial charge in [-0.3, -0.25) is 9.59 Å². The van der Waals surface area contributed by atoms with Gasteiger partial charge in [-0.05, 0) is 62.4 Å². The molecule has 0 fully saturated rings. The van der Waals surface area contributed by atoms with Crippen molar-refractivity contribution in [1.82, 2.24) is 4.98 Å². The van der Waals surface area contributed by atoms with Crippen LogP contribution in [-0.2, 0) is 15.3 Å². The standard InChI is InChI=1S/C22H20N2O4S2/c1-14(25)16-3-7-18(8-4-16)24-21(26)15(2)28-22(27)17-5-9-20(10-6-17)30-12-19-11-29-13-23-19/h3-11,13,15H,12H2,1-2H3,(H,24,26). The smallest absolute Gasteiger partial charge is 0.338 e. The lowest BCUT2D eigenvalue weighted by Crippen LogP contribution is -2.30. The van der Waals surface area contributed by atoms with Crippen LogP contribution < -0.4 is 5.32 Å². The summed E-state index contributed by atoms with van der Waals surface area (Å²) in [4.78, 5) is 41.2. The maximum Gasteiger partial charge on any atom is 0.338 e. The van der Waals surface area contributed by atoms with E-state index >= 15 is 0 Å². The predicted octanol–water partition coefficient (Wildman–Crippen LogP) is 4.82. The fourth-order valence-corrected chi connectivity index (χ4v) is 3.93. The summed E-state index contributed by atoms with van der Waals surface area (Å²) in [6, 6.07) is 13.6. The van der Waals surface area contributed by atoms with E-state index in [0.29, 0.717) is 16.8 Å². The van der Waals surface area contributed by atoms with Gasteiger partial charge in [0.2, 0.25) is 0 Å². The summed E-state index contributed by atoms with van der Waals surface area (Å²) < 4.78 is 5.27. The van der Waals surface area contributed by atoms with E-state index in [1.54, 1.807) is 65.0 Å². The highest BCUT2D eigenvalue weighted by atomic mass is 32.2. The van der Waals surface area contributed by atoms with Crippen LogP contribution >= 0.6 is 23.1 Å². The molecule has 0 saturated carbocycles. The largest absolute Gasteiger partial charge is 0.449 e. The minimum absolute atomic E-state index is 0.0530. The molecular formula is C22H20N2O4S2. The first-order valence-electron chi connectivity index (χ1n) is 9.15. The number of rotatable bonds is 8. The number of ether oxygens (including phenoxy) is 1. The van der Waals surface area contributed by atoms with Gasteiger partial charge < -0.3 is 10.1 Å². The van der Waals surface area contributed by atoms with Gasteiger partial charge >= 0.3 is 5.97 Å². The van der Waals surface area contributed by atoms with E-state index in [1.165, 1.54) is 13.8 Å². The molecule has 1 heterocycles. The van der Waals surface area contributed by atoms with Crippen LogP contribution in [0.15, 0.2) is 64.3 Å². The molecule has 0 aliphatic rings. The van der Waals surface area contributed by atoms with E-state index in [2.05, 4.69) is 10.3 Å². The van der Waals surface area contributed by atoms with Crippen LogP contribution in [0.1, 0.15) is 40.3 Å². The highest BCUT2D eigenvalue weighted by Crippen LogP contribution is 2.23. The first-order valence-corrected chi connectivity index (χ1v) is 11.1. The number of Topliss-reactive ketones (excluding diaryl/α,β-unsaturated/α-hetero) is 1. The second kappa shape index (κ2) is 10.2. The highest BCUT2D eigenvalue weighted by molar-refractivity contribution is 7.98. The Morgan fingerprint density at radius 2 is 1.73 bits per heavy atom. The monoisotopic (exact) mass is 440 g/mol. The Morgan fingerprint density at radius 1 is 1.07 bits per heavy atom. The van der Waals surface area contributed by atoms with Crippen LogP contribution in [0.2, 0.25) is 0 Å². The molecule has 1 aromatic heterocycles. The molecule has 30 heavy (non-hydrogen) atoms. The molecule has 3 aromatic rings. The number of anilines is 1. The number of carbonyl (C=O) groups is 3. The van der Waals surface area contributed by atoms with Crippen molar-refractivity contribution in [2.75, 3.05) is 5.32 Å². The minimum Gasteiger partial charge on any atom is -0.449 e. The van der Waals surface area contributed by atoms with Crippen LogP contribution in [0, 0.1) is 0 Å². The van der Waals surface area contributed by atoms with Gasteiger partial charge in [0, 0.05) is 27.3 Å². The number of thiazole rings is 1. The van der Waals surface area contributed by atoms with E-state index in [0.717, 1.165) is 16.3 Å². The van der Waals surface area contributed by atoms with Crippen molar-refractivity contribution in [1.29, 1.82) is 0 Å². The van der Waals surface area contributed by atoms with Crippen molar-refractivity contribution in [2.24, 2.45) is 0 Å². The van der Waals surface area contributed by atoms with Crippen LogP contribution in [-0.4, -0.2) is 28.7 Å². The molecule has 6 nitrogen and oxygen atoms in total. The zero-order valence-electron chi connectivity index (χ0n) is 16.5. The third-order valence-corrected chi connectivity index (χ3v) is 5.85. The van der Waals surface area contributed by atoms with Crippen molar-refractivity contribution < 1.29 is 19.1 Å². The van der Waals surface area contributed by atoms with E-state index in [4.69, 9.17) is 4.74 Å². The maximum absolute atomic E-state index is 12.3. The van der Waals surface area contributed by atoms with Gasteiger partial charge in [-0.1, -0.05) is 0 Å². The number of nitrogens with one attached hydrogen (secondary N) is 1. The van der Waals surface area contributed by atoms with Crippen molar-refractivity contribution in [2.45, 2.75) is 30.6 Å². The zero-order chi connectivity index (χ0) is 21.5. The zero-order valence-corrected chi connectivity index (χ0v) is 18.1. The Hall–Kier alpha value is -2.97. The molecule has 8 heteroatoms. The molecule has 0 spiro atoms. The molecule has 1 amide bonds. The van der Waals surface area contributed by atoms with Gasteiger partial charge in [0.1, 0.15) is 0 Å². The van der Waals surface area contributed by atoms with Gasteiger partial charge in [0.15, 0.2) is 11.9 Å². The molecule has 0 aliphatic heterocycles. The van der Waals surface area contributed by atoms with Crippen LogP contribution in [0.5, 0.6) is 0 Å². The number of hydrogen-bond acceptors (Lipinski definition) is 7. The Labute approximate surface area is 182 Å². The van der Waals surface area contributed by atoms with Gasteiger partial charge in [-0.15, -0.1) is 23.1 Å². The highest BCUT2D eigenvalue weighted by Gasteiger charge is 2.19. The van der Waals surface area contributed by atoms with Crippen LogP contribution in [0.4, 0.5) is 5.69 Å². The number of benzene rings is 2. The molecule has 0 bridgehead atoms. The van der Waals surface area contributed by atoms with Gasteiger partial charge in [0.25, 0.3) is 5.91 Å². The number of thioether (sulfide) groups is 1. The number of aromatic nitrogens is 1. The molecule has 1 N–H and O–H groups in total. The summed E-state index contributed by atoms with van der Waals surface area (Å²) in [6.07, 6.45) is -0.969. The van der Waals surface area contributed by atoms with Crippen LogP contribution in [0.25, 0.3) is 0 Å². The summed E-state index contributed by atoms with van der Waals surface area (Å²) in [5.41, 5.74) is 4.27. The minimum atomic E-state index is -0.969. The van der Waals surface area contributed by atoms with Gasteiger partial charge in [-0.2, -0.15) is 0 Å². The summed E-state index contributed by atoms with van der Waals surface area (Å²) in [6.45, 7) is 2.98. The third-order valence-electron chi connectivity index (χ3n) is 4.17. The molecule has 3 rings (SSSR count). The summed E-state index contributed by atoms with van der Waals surface area (Å²) >= 11 is 3.19. The Morgan fingerprint density at radius 3 is 2.33 bits per heavy atom. The first kappa shape index (κ1) is 21.7. The number of amides is 1. The predicted molar refractivity (Wildman–Crippen MR) is 118 cm³/mol. The summed E-state index contributed by atoms with van der Waals surface area (Å²) in [5, 5.41) is 4.67. The molecule has 154 valence electrons. The molecule has 0 aliphatic carbocycles. The topological polar surface area (TPSA) is 85.4 Å². The summed E-state index contributed by atoms with van der Waals surface area (Å²) in [5.74, 6) is -0.310. The molecule has 0 saturated heterocycles. The van der Waals surface area contributed by atoms with E-state index < -0.39 is 18.0 Å². The van der Waals surface area contributed by atoms with Gasteiger partial charge in [-0.25, -0.2) is 9.78 Å².